The van der Waals surface area contributed by atoms with Crippen molar-refractivity contribution in [2.45, 2.75) is 43.3 Å². The first-order chi connectivity index (χ1) is 13.7. The fraction of sp³-hybridized carbons (Fsp3) is 0.364. The van der Waals surface area contributed by atoms with Gasteiger partial charge in [0, 0.05) is 36.7 Å². The van der Waals surface area contributed by atoms with Gasteiger partial charge >= 0.3 is 6.03 Å². The van der Waals surface area contributed by atoms with E-state index in [2.05, 4.69) is 22.8 Å². The number of carbonyl (C=O) groups excluding carboxylic acids is 2. The minimum atomic E-state index is -0.154. The molecule has 28 heavy (non-hydrogen) atoms. The van der Waals surface area contributed by atoms with Crippen molar-refractivity contribution < 1.29 is 9.59 Å². The van der Waals surface area contributed by atoms with Crippen molar-refractivity contribution in [3.8, 4) is 0 Å². The SMILES string of the molecule is O=C(NCc1ccccc1CN1CCCC1=O)N[C@H]1CCSc2ccccc21. The highest BCUT2D eigenvalue weighted by Crippen LogP contribution is 2.35. The number of benzene rings is 2. The number of urea groups is 1. The van der Waals surface area contributed by atoms with Crippen LogP contribution in [0.2, 0.25) is 0 Å². The number of nitrogens with zero attached hydrogens (tertiary/aromatic N) is 1. The quantitative estimate of drug-likeness (QED) is 0.808. The van der Waals surface area contributed by atoms with E-state index in [0.29, 0.717) is 19.5 Å². The number of nitrogens with one attached hydrogen (secondary N) is 2. The van der Waals surface area contributed by atoms with Crippen LogP contribution in [0.1, 0.15) is 42.0 Å². The Morgan fingerprint density at radius 3 is 2.71 bits per heavy atom. The molecule has 5 nitrogen and oxygen atoms in total. The summed E-state index contributed by atoms with van der Waals surface area (Å²) in [6.07, 6.45) is 2.51. The first-order valence-corrected chi connectivity index (χ1v) is 10.8. The number of thioether (sulfide) groups is 1. The number of carbonyl (C=O) groups is 2. The Labute approximate surface area is 169 Å². The molecule has 0 saturated carbocycles. The Morgan fingerprint density at radius 2 is 1.89 bits per heavy atom. The van der Waals surface area contributed by atoms with Crippen LogP contribution in [0.15, 0.2) is 53.4 Å². The molecule has 1 fully saturated rings. The molecule has 3 amide bonds. The zero-order valence-corrected chi connectivity index (χ0v) is 16.6. The van der Waals surface area contributed by atoms with Crippen LogP contribution in [0.3, 0.4) is 0 Å². The van der Waals surface area contributed by atoms with Crippen molar-refractivity contribution in [3.05, 3.63) is 65.2 Å². The third-order valence-corrected chi connectivity index (χ3v) is 6.48. The van der Waals surface area contributed by atoms with Crippen molar-refractivity contribution in [2.75, 3.05) is 12.3 Å². The molecule has 146 valence electrons. The zero-order chi connectivity index (χ0) is 19.3. The first-order valence-electron chi connectivity index (χ1n) is 9.81. The summed E-state index contributed by atoms with van der Waals surface area (Å²) in [6, 6.07) is 16.2. The Balaban J connectivity index is 1.36. The van der Waals surface area contributed by atoms with Crippen molar-refractivity contribution in [2.24, 2.45) is 0 Å². The maximum absolute atomic E-state index is 12.5. The van der Waals surface area contributed by atoms with Gasteiger partial charge in [-0.3, -0.25) is 4.79 Å². The lowest BCUT2D eigenvalue weighted by Gasteiger charge is -2.26. The molecule has 0 aromatic heterocycles. The minimum absolute atomic E-state index is 0.0508. The molecule has 2 aromatic carbocycles. The van der Waals surface area contributed by atoms with Crippen LogP contribution in [0.4, 0.5) is 4.79 Å². The van der Waals surface area contributed by atoms with E-state index >= 15 is 0 Å². The van der Waals surface area contributed by atoms with E-state index in [-0.39, 0.29) is 18.0 Å². The zero-order valence-electron chi connectivity index (χ0n) is 15.8. The summed E-state index contributed by atoms with van der Waals surface area (Å²) < 4.78 is 0. The summed E-state index contributed by atoms with van der Waals surface area (Å²) >= 11 is 1.84. The van der Waals surface area contributed by atoms with Gasteiger partial charge in [0.05, 0.1) is 6.04 Å². The van der Waals surface area contributed by atoms with Gasteiger partial charge in [0.25, 0.3) is 0 Å². The van der Waals surface area contributed by atoms with Gasteiger partial charge in [-0.2, -0.15) is 0 Å². The van der Waals surface area contributed by atoms with E-state index in [1.807, 2.05) is 53.1 Å². The third kappa shape index (κ3) is 4.33. The number of likely N-dealkylation sites (tertiary alicyclic amines) is 1. The van der Waals surface area contributed by atoms with E-state index < -0.39 is 0 Å². The number of fused-ring (bicyclic) bond motifs is 1. The van der Waals surface area contributed by atoms with Crippen molar-refractivity contribution in [3.63, 3.8) is 0 Å². The highest BCUT2D eigenvalue weighted by molar-refractivity contribution is 7.99. The predicted molar refractivity (Wildman–Crippen MR) is 111 cm³/mol. The van der Waals surface area contributed by atoms with Gasteiger partial charge in [-0.05, 0) is 35.6 Å². The minimum Gasteiger partial charge on any atom is -0.338 e. The van der Waals surface area contributed by atoms with Gasteiger partial charge in [-0.25, -0.2) is 4.79 Å². The molecule has 2 aliphatic heterocycles. The van der Waals surface area contributed by atoms with E-state index in [1.165, 1.54) is 10.5 Å². The highest BCUT2D eigenvalue weighted by Gasteiger charge is 2.23. The number of hydrogen-bond acceptors (Lipinski definition) is 3. The topological polar surface area (TPSA) is 61.4 Å². The lowest BCUT2D eigenvalue weighted by Crippen LogP contribution is -2.38. The molecule has 1 atom stereocenters. The second-order valence-electron chi connectivity index (χ2n) is 7.24. The maximum atomic E-state index is 12.5. The highest BCUT2D eigenvalue weighted by atomic mass is 32.2. The Hall–Kier alpha value is -2.47. The van der Waals surface area contributed by atoms with Crippen LogP contribution >= 0.6 is 11.8 Å². The van der Waals surface area contributed by atoms with Crippen molar-refractivity contribution in [1.29, 1.82) is 0 Å². The number of rotatable bonds is 5. The maximum Gasteiger partial charge on any atom is 0.315 e. The van der Waals surface area contributed by atoms with E-state index in [9.17, 15) is 9.59 Å². The molecular weight excluding hydrogens is 370 g/mol. The molecule has 0 bridgehead atoms. The van der Waals surface area contributed by atoms with Crippen LogP contribution < -0.4 is 10.6 Å². The molecule has 2 N–H and O–H groups in total. The van der Waals surface area contributed by atoms with E-state index in [1.54, 1.807) is 0 Å². The molecule has 2 aromatic rings. The molecule has 0 radical (unpaired) electrons. The average molecular weight is 396 g/mol. The van der Waals surface area contributed by atoms with Crippen molar-refractivity contribution in [1.82, 2.24) is 15.5 Å². The molecule has 4 rings (SSSR count). The summed E-state index contributed by atoms with van der Waals surface area (Å²) in [4.78, 5) is 27.6. The van der Waals surface area contributed by atoms with E-state index in [0.717, 1.165) is 36.3 Å². The summed E-state index contributed by atoms with van der Waals surface area (Å²) in [6.45, 7) is 1.89. The van der Waals surface area contributed by atoms with Gasteiger partial charge in [0.1, 0.15) is 0 Å². The molecule has 2 heterocycles. The standard InChI is InChI=1S/C22H25N3O2S/c26-21-10-5-12-25(21)15-17-7-2-1-6-16(17)14-23-22(27)24-19-11-13-28-20-9-4-3-8-18(19)20/h1-4,6-9,19H,5,10-15H2,(H2,23,24,27)/t19-/m0/s1. The van der Waals surface area contributed by atoms with Crippen LogP contribution in [-0.4, -0.2) is 29.1 Å². The Morgan fingerprint density at radius 1 is 1.11 bits per heavy atom. The summed E-state index contributed by atoms with van der Waals surface area (Å²) in [7, 11) is 0. The number of hydrogen-bond donors (Lipinski definition) is 2. The van der Waals surface area contributed by atoms with Crippen LogP contribution in [0.25, 0.3) is 0 Å². The van der Waals surface area contributed by atoms with Crippen LogP contribution in [-0.2, 0) is 17.9 Å². The molecular formula is C22H25N3O2S. The third-order valence-electron chi connectivity index (χ3n) is 5.35. The second-order valence-corrected chi connectivity index (χ2v) is 8.38. The molecule has 0 aliphatic carbocycles. The first kappa shape index (κ1) is 18.9. The lowest BCUT2D eigenvalue weighted by atomic mass is 10.0. The van der Waals surface area contributed by atoms with Gasteiger partial charge in [-0.1, -0.05) is 42.5 Å². The Bertz CT molecular complexity index is 870. The summed E-state index contributed by atoms with van der Waals surface area (Å²) in [5, 5.41) is 6.11. The van der Waals surface area contributed by atoms with Crippen LogP contribution in [0.5, 0.6) is 0 Å². The Kier molecular flexibility index (Phi) is 5.86. The fourth-order valence-electron chi connectivity index (χ4n) is 3.84. The fourth-order valence-corrected chi connectivity index (χ4v) is 4.96. The van der Waals surface area contributed by atoms with Crippen molar-refractivity contribution >= 4 is 23.7 Å². The smallest absolute Gasteiger partial charge is 0.315 e. The summed E-state index contributed by atoms with van der Waals surface area (Å²) in [5.41, 5.74) is 3.34. The molecule has 0 spiro atoms. The molecule has 2 aliphatic rings. The lowest BCUT2D eigenvalue weighted by molar-refractivity contribution is -0.128. The normalized spacial score (nSPS) is 18.6. The monoisotopic (exact) mass is 395 g/mol. The van der Waals surface area contributed by atoms with Crippen LogP contribution in [0, 0.1) is 0 Å². The molecule has 1 saturated heterocycles. The average Bonchev–Trinajstić information content (AvgIpc) is 3.12. The van der Waals surface area contributed by atoms with Gasteiger partial charge < -0.3 is 15.5 Å². The summed E-state index contributed by atoms with van der Waals surface area (Å²) in [5.74, 6) is 1.23. The van der Waals surface area contributed by atoms with Gasteiger partial charge in [0.2, 0.25) is 5.91 Å². The molecule has 6 heteroatoms. The largest absolute Gasteiger partial charge is 0.338 e. The predicted octanol–water partition coefficient (Wildman–Crippen LogP) is 3.85. The van der Waals surface area contributed by atoms with Gasteiger partial charge in [-0.15, -0.1) is 11.8 Å². The number of amides is 3. The molecule has 0 unspecified atom stereocenters. The van der Waals surface area contributed by atoms with Gasteiger partial charge in [0.15, 0.2) is 0 Å². The second kappa shape index (κ2) is 8.69. The van der Waals surface area contributed by atoms with E-state index in [4.69, 9.17) is 0 Å².